The van der Waals surface area contributed by atoms with Gasteiger partial charge in [0.1, 0.15) is 36.6 Å². The van der Waals surface area contributed by atoms with Crippen molar-refractivity contribution in [3.8, 4) is 11.1 Å². The molecule has 2 aromatic rings. The molecule has 0 radical (unpaired) electrons. The maximum atomic E-state index is 12.2. The standard InChI is InChI=1S/C23H29NO7/c1-12-9-14(13-5-4-6-15(10-13)23(30)24(2)3)7-8-16(12)18(26)22-21(29)20(28)19(27)17(11-25)31-22/h4-10,17-22,25-29H,11H2,1-3H3/t17?,18-,19-,20?,21?,22-/m1/s1. The summed E-state index contributed by atoms with van der Waals surface area (Å²) in [6.45, 7) is 1.23. The van der Waals surface area contributed by atoms with Gasteiger partial charge in [0.2, 0.25) is 0 Å². The summed E-state index contributed by atoms with van der Waals surface area (Å²) < 4.78 is 5.48. The highest BCUT2D eigenvalue weighted by molar-refractivity contribution is 5.95. The predicted molar refractivity (Wildman–Crippen MR) is 113 cm³/mol. The minimum atomic E-state index is -1.55. The van der Waals surface area contributed by atoms with Crippen molar-refractivity contribution in [2.45, 2.75) is 43.5 Å². The first-order chi connectivity index (χ1) is 14.6. The van der Waals surface area contributed by atoms with Gasteiger partial charge in [-0.25, -0.2) is 0 Å². The molecule has 3 rings (SSSR count). The maximum absolute atomic E-state index is 12.2. The SMILES string of the molecule is Cc1cc(-c2cccc(C(=O)N(C)C)c2)ccc1[C@@H](O)[C@H]1OC(CO)[C@@H](O)C(O)C1O. The molecule has 3 unspecified atom stereocenters. The zero-order valence-corrected chi connectivity index (χ0v) is 17.7. The molecule has 6 atom stereocenters. The zero-order chi connectivity index (χ0) is 22.9. The number of hydrogen-bond acceptors (Lipinski definition) is 7. The van der Waals surface area contributed by atoms with E-state index in [1.165, 1.54) is 4.90 Å². The minimum Gasteiger partial charge on any atom is -0.394 e. The molecule has 0 aromatic heterocycles. The Labute approximate surface area is 181 Å². The molecule has 168 valence electrons. The van der Waals surface area contributed by atoms with Gasteiger partial charge in [-0.3, -0.25) is 4.79 Å². The van der Waals surface area contributed by atoms with Gasteiger partial charge < -0.3 is 35.2 Å². The Morgan fingerprint density at radius 2 is 1.71 bits per heavy atom. The van der Waals surface area contributed by atoms with E-state index in [0.717, 1.165) is 11.1 Å². The summed E-state index contributed by atoms with van der Waals surface area (Å²) >= 11 is 0. The Hall–Kier alpha value is -2.33. The van der Waals surface area contributed by atoms with Crippen LogP contribution in [0.4, 0.5) is 0 Å². The van der Waals surface area contributed by atoms with Gasteiger partial charge in [0.15, 0.2) is 0 Å². The molecule has 1 saturated heterocycles. The topological polar surface area (TPSA) is 131 Å². The Morgan fingerprint density at radius 1 is 1.03 bits per heavy atom. The average molecular weight is 431 g/mol. The molecule has 1 aliphatic heterocycles. The van der Waals surface area contributed by atoms with Gasteiger partial charge in [0.05, 0.1) is 6.61 Å². The Balaban J connectivity index is 1.87. The summed E-state index contributed by atoms with van der Waals surface area (Å²) in [6.07, 6.45) is -8.16. The lowest BCUT2D eigenvalue weighted by Crippen LogP contribution is -2.59. The highest BCUT2D eigenvalue weighted by Gasteiger charge is 2.46. The Kier molecular flexibility index (Phi) is 7.10. The van der Waals surface area contributed by atoms with Gasteiger partial charge in [-0.05, 0) is 41.3 Å². The summed E-state index contributed by atoms with van der Waals surface area (Å²) in [7, 11) is 3.38. The number of carbonyl (C=O) groups excluding carboxylic acids is 1. The molecule has 0 spiro atoms. The first-order valence-corrected chi connectivity index (χ1v) is 10.1. The van der Waals surface area contributed by atoms with E-state index in [4.69, 9.17) is 4.74 Å². The number of benzene rings is 2. The monoisotopic (exact) mass is 431 g/mol. The van der Waals surface area contributed by atoms with E-state index in [1.54, 1.807) is 51.4 Å². The minimum absolute atomic E-state index is 0.103. The van der Waals surface area contributed by atoms with Crippen LogP contribution < -0.4 is 0 Å². The van der Waals surface area contributed by atoms with E-state index >= 15 is 0 Å². The van der Waals surface area contributed by atoms with Crippen molar-refractivity contribution >= 4 is 5.91 Å². The number of amides is 1. The summed E-state index contributed by atoms with van der Waals surface area (Å²) in [5.74, 6) is -0.103. The van der Waals surface area contributed by atoms with Crippen LogP contribution in [0, 0.1) is 6.92 Å². The van der Waals surface area contributed by atoms with Gasteiger partial charge in [-0.2, -0.15) is 0 Å². The third kappa shape index (κ3) is 4.64. The summed E-state index contributed by atoms with van der Waals surface area (Å²) in [4.78, 5) is 13.7. The molecule has 8 heteroatoms. The third-order valence-electron chi connectivity index (χ3n) is 5.68. The van der Waals surface area contributed by atoms with Gasteiger partial charge in [-0.15, -0.1) is 0 Å². The molecule has 2 aromatic carbocycles. The van der Waals surface area contributed by atoms with Crippen molar-refractivity contribution in [2.75, 3.05) is 20.7 Å². The molecule has 1 amide bonds. The molecule has 0 bridgehead atoms. The van der Waals surface area contributed by atoms with E-state index in [1.807, 2.05) is 12.1 Å². The smallest absolute Gasteiger partial charge is 0.253 e. The van der Waals surface area contributed by atoms with E-state index < -0.39 is 43.2 Å². The van der Waals surface area contributed by atoms with Gasteiger partial charge in [-0.1, -0.05) is 30.3 Å². The number of ether oxygens (including phenoxy) is 1. The molecule has 1 aliphatic rings. The highest BCUT2D eigenvalue weighted by atomic mass is 16.6. The van der Waals surface area contributed by atoms with Crippen molar-refractivity contribution in [1.82, 2.24) is 4.90 Å². The number of rotatable bonds is 5. The van der Waals surface area contributed by atoms with Crippen molar-refractivity contribution in [3.63, 3.8) is 0 Å². The van der Waals surface area contributed by atoms with E-state index in [9.17, 15) is 30.3 Å². The molecule has 8 nitrogen and oxygen atoms in total. The first-order valence-electron chi connectivity index (χ1n) is 10.1. The summed E-state index contributed by atoms with van der Waals surface area (Å²) in [6, 6.07) is 12.6. The Morgan fingerprint density at radius 3 is 2.32 bits per heavy atom. The number of nitrogens with zero attached hydrogens (tertiary/aromatic N) is 1. The van der Waals surface area contributed by atoms with Crippen LogP contribution in [0.15, 0.2) is 42.5 Å². The highest BCUT2D eigenvalue weighted by Crippen LogP contribution is 2.33. The fourth-order valence-electron chi connectivity index (χ4n) is 3.85. The number of hydrogen-bond donors (Lipinski definition) is 5. The summed E-state index contributed by atoms with van der Waals surface area (Å²) in [5.41, 5.74) is 3.44. The van der Waals surface area contributed by atoms with Gasteiger partial charge in [0.25, 0.3) is 5.91 Å². The van der Waals surface area contributed by atoms with Crippen LogP contribution in [-0.2, 0) is 4.74 Å². The average Bonchev–Trinajstić information content (AvgIpc) is 2.76. The number of aliphatic hydroxyl groups is 5. The molecule has 1 heterocycles. The lowest BCUT2D eigenvalue weighted by atomic mass is 9.87. The normalized spacial score (nSPS) is 27.0. The Bertz CT molecular complexity index is 930. The van der Waals surface area contributed by atoms with Crippen molar-refractivity contribution in [1.29, 1.82) is 0 Å². The maximum Gasteiger partial charge on any atom is 0.253 e. The van der Waals surface area contributed by atoms with E-state index in [2.05, 4.69) is 0 Å². The molecule has 5 N–H and O–H groups in total. The van der Waals surface area contributed by atoms with Crippen molar-refractivity contribution < 1.29 is 35.1 Å². The van der Waals surface area contributed by atoms with E-state index in [-0.39, 0.29) is 5.91 Å². The van der Waals surface area contributed by atoms with Crippen LogP contribution in [0.3, 0.4) is 0 Å². The van der Waals surface area contributed by atoms with Crippen LogP contribution in [0.2, 0.25) is 0 Å². The van der Waals surface area contributed by atoms with E-state index in [0.29, 0.717) is 16.7 Å². The molecule has 0 saturated carbocycles. The second kappa shape index (κ2) is 9.44. The van der Waals surface area contributed by atoms with Crippen LogP contribution in [-0.4, -0.2) is 87.6 Å². The molecule has 1 fully saturated rings. The first kappa shape index (κ1) is 23.3. The third-order valence-corrected chi connectivity index (χ3v) is 5.68. The van der Waals surface area contributed by atoms with Crippen LogP contribution in [0.5, 0.6) is 0 Å². The van der Waals surface area contributed by atoms with Crippen molar-refractivity contribution in [2.24, 2.45) is 0 Å². The summed E-state index contributed by atoms with van der Waals surface area (Å²) in [5, 5.41) is 50.4. The quantitative estimate of drug-likeness (QED) is 0.458. The van der Waals surface area contributed by atoms with Gasteiger partial charge in [0, 0.05) is 19.7 Å². The zero-order valence-electron chi connectivity index (χ0n) is 17.7. The van der Waals surface area contributed by atoms with Crippen LogP contribution in [0.1, 0.15) is 27.6 Å². The largest absolute Gasteiger partial charge is 0.394 e. The number of carbonyl (C=O) groups is 1. The molecular formula is C23H29NO7. The fourth-order valence-corrected chi connectivity index (χ4v) is 3.85. The lowest BCUT2D eigenvalue weighted by Gasteiger charge is -2.42. The molecule has 0 aliphatic carbocycles. The second-order valence-corrected chi connectivity index (χ2v) is 8.09. The van der Waals surface area contributed by atoms with Crippen molar-refractivity contribution in [3.05, 3.63) is 59.2 Å². The fraction of sp³-hybridized carbons (Fsp3) is 0.435. The lowest BCUT2D eigenvalue weighted by molar-refractivity contribution is -0.250. The number of aryl methyl sites for hydroxylation is 1. The number of aliphatic hydroxyl groups excluding tert-OH is 5. The van der Waals surface area contributed by atoms with Gasteiger partial charge >= 0.3 is 0 Å². The predicted octanol–water partition coefficient (Wildman–Crippen LogP) is 0.240. The van der Waals surface area contributed by atoms with Crippen LogP contribution in [0.25, 0.3) is 11.1 Å². The molecular weight excluding hydrogens is 402 g/mol. The second-order valence-electron chi connectivity index (χ2n) is 8.09. The van der Waals surface area contributed by atoms with Crippen LogP contribution >= 0.6 is 0 Å². The molecule has 31 heavy (non-hydrogen) atoms.